The summed E-state index contributed by atoms with van der Waals surface area (Å²) in [4.78, 5) is 12.3. The average Bonchev–Trinajstić information content (AvgIpc) is 2.27. The molecule has 0 radical (unpaired) electrons. The third-order valence-electron chi connectivity index (χ3n) is 3.37. The molecule has 1 saturated heterocycles. The fourth-order valence-electron chi connectivity index (χ4n) is 2.03. The molecule has 1 amide bonds. The molecule has 0 aromatic carbocycles. The largest absolute Gasteiger partial charge is 0.598 e. The average molecular weight is 276 g/mol. The predicted octanol–water partition coefficient (Wildman–Crippen LogP) is 1.82. The smallest absolute Gasteiger partial charge is 0.407 e. The van der Waals surface area contributed by atoms with Gasteiger partial charge in [-0.25, -0.2) is 4.79 Å². The zero-order chi connectivity index (χ0) is 13.9. The molecule has 1 fully saturated rings. The SMILES string of the molecule is C[C@H](N[S@@+]([O-])C(C)(C)C)C1CCN(C(=O)O)CC1. The molecule has 1 heterocycles. The molecule has 1 aliphatic heterocycles. The zero-order valence-electron chi connectivity index (χ0n) is 11.6. The summed E-state index contributed by atoms with van der Waals surface area (Å²) < 4.78 is 14.9. The molecule has 5 nitrogen and oxygen atoms in total. The number of carbonyl (C=O) groups is 1. The Morgan fingerprint density at radius 3 is 2.33 bits per heavy atom. The van der Waals surface area contributed by atoms with Crippen molar-refractivity contribution in [3.05, 3.63) is 0 Å². The van der Waals surface area contributed by atoms with Crippen molar-refractivity contribution in [2.75, 3.05) is 13.1 Å². The summed E-state index contributed by atoms with van der Waals surface area (Å²) in [5.41, 5.74) is 0. The standard InChI is InChI=1S/C12H24N2O3S/c1-9(13-18(17)12(2,3)4)10-5-7-14(8-6-10)11(15)16/h9-10,13H,5-8H2,1-4H3,(H,15,16)/t9-,18-/m0/s1. The highest BCUT2D eigenvalue weighted by molar-refractivity contribution is 7.90. The minimum atomic E-state index is -1.07. The second kappa shape index (κ2) is 6.12. The van der Waals surface area contributed by atoms with Gasteiger partial charge in [-0.3, -0.25) is 0 Å². The summed E-state index contributed by atoms with van der Waals surface area (Å²) in [5, 5.41) is 8.88. The molecule has 0 aromatic rings. The van der Waals surface area contributed by atoms with Gasteiger partial charge in [-0.2, -0.15) is 0 Å². The van der Waals surface area contributed by atoms with Gasteiger partial charge < -0.3 is 14.6 Å². The number of hydrogen-bond donors (Lipinski definition) is 2. The summed E-state index contributed by atoms with van der Waals surface area (Å²) in [6, 6.07) is 0.154. The van der Waals surface area contributed by atoms with Gasteiger partial charge in [0.05, 0.1) is 6.04 Å². The van der Waals surface area contributed by atoms with E-state index in [1.807, 2.05) is 27.7 Å². The van der Waals surface area contributed by atoms with Crippen LogP contribution in [0.25, 0.3) is 0 Å². The lowest BCUT2D eigenvalue weighted by atomic mass is 9.91. The maximum Gasteiger partial charge on any atom is 0.407 e. The summed E-state index contributed by atoms with van der Waals surface area (Å²) in [6.07, 6.45) is 0.830. The van der Waals surface area contributed by atoms with E-state index in [1.54, 1.807) is 0 Å². The predicted molar refractivity (Wildman–Crippen MR) is 72.8 cm³/mol. The Labute approximate surface area is 112 Å². The van der Waals surface area contributed by atoms with Crippen LogP contribution < -0.4 is 4.72 Å². The van der Waals surface area contributed by atoms with E-state index >= 15 is 0 Å². The number of nitrogens with one attached hydrogen (secondary N) is 1. The lowest BCUT2D eigenvalue weighted by molar-refractivity contribution is 0.120. The lowest BCUT2D eigenvalue weighted by Crippen LogP contribution is -2.49. The summed E-state index contributed by atoms with van der Waals surface area (Å²) >= 11 is -1.07. The van der Waals surface area contributed by atoms with E-state index in [0.717, 1.165) is 12.8 Å². The molecule has 106 valence electrons. The lowest BCUT2D eigenvalue weighted by Gasteiger charge is -2.35. The first-order valence-corrected chi connectivity index (χ1v) is 7.52. The summed E-state index contributed by atoms with van der Waals surface area (Å²) in [5.74, 6) is 0.395. The van der Waals surface area contributed by atoms with E-state index in [0.29, 0.717) is 19.0 Å². The molecule has 1 aliphatic rings. The quantitative estimate of drug-likeness (QED) is 0.771. The summed E-state index contributed by atoms with van der Waals surface area (Å²) in [7, 11) is 0. The highest BCUT2D eigenvalue weighted by atomic mass is 32.2. The second-order valence-corrected chi connectivity index (χ2v) is 7.89. The molecule has 0 aromatic heterocycles. The van der Waals surface area contributed by atoms with Crippen molar-refractivity contribution >= 4 is 17.5 Å². The van der Waals surface area contributed by atoms with Crippen LogP contribution in [0.5, 0.6) is 0 Å². The van der Waals surface area contributed by atoms with Gasteiger partial charge in [-0.05, 0) is 46.5 Å². The summed E-state index contributed by atoms with van der Waals surface area (Å²) in [6.45, 7) is 9.01. The minimum Gasteiger partial charge on any atom is -0.598 e. The van der Waals surface area contributed by atoms with Gasteiger partial charge in [0.15, 0.2) is 0 Å². The first-order valence-electron chi connectivity index (χ1n) is 6.37. The maximum atomic E-state index is 12.0. The fraction of sp³-hybridized carbons (Fsp3) is 0.917. The van der Waals surface area contributed by atoms with Crippen LogP contribution in [0.2, 0.25) is 0 Å². The third kappa shape index (κ3) is 4.33. The Kier molecular flexibility index (Phi) is 5.31. The van der Waals surface area contributed by atoms with E-state index in [2.05, 4.69) is 4.72 Å². The van der Waals surface area contributed by atoms with Crippen molar-refractivity contribution in [1.29, 1.82) is 0 Å². The Bertz CT molecular complexity index is 286. The van der Waals surface area contributed by atoms with Crippen molar-refractivity contribution in [3.8, 4) is 0 Å². The number of rotatable bonds is 3. The van der Waals surface area contributed by atoms with Gasteiger partial charge in [-0.1, -0.05) is 0 Å². The van der Waals surface area contributed by atoms with Gasteiger partial charge in [0.1, 0.15) is 4.75 Å². The van der Waals surface area contributed by atoms with Crippen LogP contribution in [0.15, 0.2) is 0 Å². The number of piperidine rings is 1. The van der Waals surface area contributed by atoms with E-state index in [4.69, 9.17) is 5.11 Å². The molecule has 0 saturated carbocycles. The van der Waals surface area contributed by atoms with Gasteiger partial charge >= 0.3 is 6.09 Å². The Balaban J connectivity index is 2.41. The highest BCUT2D eigenvalue weighted by Crippen LogP contribution is 2.23. The molecular weight excluding hydrogens is 252 g/mol. The number of carboxylic acid groups (broad SMARTS) is 1. The topological polar surface area (TPSA) is 75.6 Å². The van der Waals surface area contributed by atoms with E-state index < -0.39 is 17.5 Å². The molecule has 0 aliphatic carbocycles. The van der Waals surface area contributed by atoms with Crippen LogP contribution in [-0.2, 0) is 11.4 Å². The Hall–Kier alpha value is -0.460. The van der Waals surface area contributed by atoms with Gasteiger partial charge in [0.2, 0.25) is 0 Å². The molecule has 6 heteroatoms. The van der Waals surface area contributed by atoms with Gasteiger partial charge in [-0.15, -0.1) is 4.72 Å². The Morgan fingerprint density at radius 1 is 1.44 bits per heavy atom. The van der Waals surface area contributed by atoms with Gasteiger partial charge in [0, 0.05) is 24.5 Å². The van der Waals surface area contributed by atoms with Crippen molar-refractivity contribution in [2.24, 2.45) is 5.92 Å². The van der Waals surface area contributed by atoms with Crippen molar-refractivity contribution in [1.82, 2.24) is 9.62 Å². The van der Waals surface area contributed by atoms with Crippen LogP contribution in [0.1, 0.15) is 40.5 Å². The van der Waals surface area contributed by atoms with Gasteiger partial charge in [0.25, 0.3) is 0 Å². The normalized spacial score (nSPS) is 21.7. The molecule has 0 bridgehead atoms. The minimum absolute atomic E-state index is 0.154. The monoisotopic (exact) mass is 276 g/mol. The first kappa shape index (κ1) is 15.6. The highest BCUT2D eigenvalue weighted by Gasteiger charge is 2.32. The fourth-order valence-corrected chi connectivity index (χ4v) is 2.92. The number of amides is 1. The van der Waals surface area contributed by atoms with E-state index in [9.17, 15) is 9.35 Å². The maximum absolute atomic E-state index is 12.0. The second-order valence-electron chi connectivity index (χ2n) is 5.89. The van der Waals surface area contributed by atoms with E-state index in [-0.39, 0.29) is 10.8 Å². The third-order valence-corrected chi connectivity index (χ3v) is 5.06. The number of likely N-dealkylation sites (tertiary alicyclic amines) is 1. The first-order chi connectivity index (χ1) is 8.21. The molecule has 1 rings (SSSR count). The molecule has 18 heavy (non-hydrogen) atoms. The van der Waals surface area contributed by atoms with Crippen LogP contribution in [0.3, 0.4) is 0 Å². The van der Waals surface area contributed by atoms with Crippen molar-refractivity contribution in [2.45, 2.75) is 51.3 Å². The van der Waals surface area contributed by atoms with Crippen LogP contribution in [0, 0.1) is 5.92 Å². The molecule has 0 unspecified atom stereocenters. The van der Waals surface area contributed by atoms with Crippen LogP contribution in [0.4, 0.5) is 4.79 Å². The molecular formula is C12H24N2O3S. The number of nitrogens with zero attached hydrogens (tertiary/aromatic N) is 1. The molecule has 0 spiro atoms. The molecule has 2 N–H and O–H groups in total. The van der Waals surface area contributed by atoms with Crippen LogP contribution >= 0.6 is 0 Å². The Morgan fingerprint density at radius 2 is 1.94 bits per heavy atom. The van der Waals surface area contributed by atoms with Crippen LogP contribution in [-0.4, -0.2) is 44.5 Å². The number of hydrogen-bond acceptors (Lipinski definition) is 3. The van der Waals surface area contributed by atoms with Crippen molar-refractivity contribution in [3.63, 3.8) is 0 Å². The van der Waals surface area contributed by atoms with E-state index in [1.165, 1.54) is 4.90 Å². The molecule has 2 atom stereocenters. The van der Waals surface area contributed by atoms with Crippen molar-refractivity contribution < 1.29 is 14.5 Å². The zero-order valence-corrected chi connectivity index (χ0v) is 12.4.